The number of carbonyl (C=O) groups excluding carboxylic acids is 1. The van der Waals surface area contributed by atoms with Gasteiger partial charge >= 0.3 is 30.4 Å². The second-order valence-corrected chi connectivity index (χ2v) is 2.66. The zero-order chi connectivity index (χ0) is 9.23. The minimum absolute atomic E-state index is 0. The molecule has 0 saturated carbocycles. The molecule has 0 atom stereocenters. The van der Waals surface area contributed by atoms with Crippen molar-refractivity contribution in [2.24, 2.45) is 0 Å². The molecule has 0 rings (SSSR count). The third-order valence-corrected chi connectivity index (χ3v) is 1.52. The van der Waals surface area contributed by atoms with Gasteiger partial charge in [-0.25, -0.2) is 0 Å². The zero-order valence-electron chi connectivity index (χ0n) is 7.86. The van der Waals surface area contributed by atoms with Gasteiger partial charge in [0, 0.05) is 6.61 Å². The minimum Gasteiger partial charge on any atom is -0.463 e. The van der Waals surface area contributed by atoms with Crippen LogP contribution in [0.1, 0.15) is 19.8 Å². The molecule has 0 aromatic carbocycles. The first-order valence-corrected chi connectivity index (χ1v) is 4.78. The molecule has 0 aromatic heterocycles. The van der Waals surface area contributed by atoms with Crippen LogP contribution in [0.25, 0.3) is 0 Å². The van der Waals surface area contributed by atoms with Gasteiger partial charge in [0.1, 0.15) is 6.61 Å². The first kappa shape index (κ1) is 16.0. The smallest absolute Gasteiger partial charge is 0.463 e. The summed E-state index contributed by atoms with van der Waals surface area (Å²) in [4.78, 5) is 10.5. The van der Waals surface area contributed by atoms with Crippen molar-refractivity contribution in [3.8, 4) is 0 Å². The number of ether oxygens (including phenoxy) is 2. The van der Waals surface area contributed by atoms with Crippen molar-refractivity contribution in [3.63, 3.8) is 0 Å². The molecular weight excluding hydrogens is 298 g/mol. The Balaban J connectivity index is 0. The maximum absolute atomic E-state index is 10.5. The molecule has 0 saturated heterocycles. The van der Waals surface area contributed by atoms with Gasteiger partial charge in [-0.15, -0.1) is 0 Å². The van der Waals surface area contributed by atoms with Crippen molar-refractivity contribution < 1.29 is 14.3 Å². The van der Waals surface area contributed by atoms with E-state index in [1.807, 2.05) is 0 Å². The molecule has 0 radical (unpaired) electrons. The first-order valence-electron chi connectivity index (χ1n) is 4.15. The second-order valence-electron chi connectivity index (χ2n) is 2.34. The molecule has 72 valence electrons. The fraction of sp³-hybridized carbons (Fsp3) is 0.875. The Labute approximate surface area is 102 Å². The van der Waals surface area contributed by atoms with Gasteiger partial charge < -0.3 is 9.47 Å². The molecule has 13 heavy (non-hydrogen) atoms. The fourth-order valence-corrected chi connectivity index (χ4v) is 0.700. The van der Waals surface area contributed by atoms with E-state index in [4.69, 9.17) is 9.47 Å². The van der Waals surface area contributed by atoms with Crippen LogP contribution in [0.15, 0.2) is 0 Å². The third-order valence-electron chi connectivity index (χ3n) is 1.26. The molecule has 0 fully saturated rings. The molecule has 0 aliphatic carbocycles. The van der Waals surface area contributed by atoms with Crippen LogP contribution in [0.4, 0.5) is 0 Å². The summed E-state index contributed by atoms with van der Waals surface area (Å²) in [6.45, 7) is 3.67. The predicted molar refractivity (Wildman–Crippen MR) is 56.3 cm³/mol. The molecule has 0 amide bonds. The normalized spacial score (nSPS) is 9.08. The average Bonchev–Trinajstić information content (AvgIpc) is 2.10. The summed E-state index contributed by atoms with van der Waals surface area (Å²) in [5, 5.41) is 0. The SMILES string of the molecule is CCCCOCCOC(=O)CS.[Sb+5]. The van der Waals surface area contributed by atoms with Crippen LogP contribution < -0.4 is 0 Å². The topological polar surface area (TPSA) is 35.5 Å². The monoisotopic (exact) mass is 313 g/mol. The summed E-state index contributed by atoms with van der Waals surface area (Å²) in [5.41, 5.74) is 0. The van der Waals surface area contributed by atoms with Crippen LogP contribution in [0.3, 0.4) is 0 Å². The van der Waals surface area contributed by atoms with E-state index in [0.29, 0.717) is 13.2 Å². The predicted octanol–water partition coefficient (Wildman–Crippen LogP) is 0.895. The minimum atomic E-state index is -0.294. The van der Waals surface area contributed by atoms with E-state index in [1.54, 1.807) is 0 Å². The number of hydrogen-bond donors (Lipinski definition) is 1. The summed E-state index contributed by atoms with van der Waals surface area (Å²) in [6, 6.07) is 0. The maximum Gasteiger partial charge on any atom is 5.00 e. The van der Waals surface area contributed by atoms with E-state index < -0.39 is 0 Å². The van der Waals surface area contributed by atoms with Gasteiger partial charge in [0.05, 0.1) is 12.4 Å². The Kier molecular flexibility index (Phi) is 15.5. The van der Waals surface area contributed by atoms with Gasteiger partial charge in [0.15, 0.2) is 0 Å². The van der Waals surface area contributed by atoms with Crippen molar-refractivity contribution in [2.45, 2.75) is 19.8 Å². The van der Waals surface area contributed by atoms with Crippen LogP contribution in [0.2, 0.25) is 0 Å². The van der Waals surface area contributed by atoms with Gasteiger partial charge in [-0.1, -0.05) is 13.3 Å². The van der Waals surface area contributed by atoms with Gasteiger partial charge in [-0.2, -0.15) is 12.6 Å². The van der Waals surface area contributed by atoms with Crippen LogP contribution in [-0.4, -0.2) is 56.0 Å². The van der Waals surface area contributed by atoms with Crippen molar-refractivity contribution in [1.82, 2.24) is 0 Å². The Hall–Kier alpha value is 0.598. The van der Waals surface area contributed by atoms with Gasteiger partial charge in [-0.3, -0.25) is 4.79 Å². The second kappa shape index (κ2) is 12.6. The maximum atomic E-state index is 10.5. The van der Waals surface area contributed by atoms with Crippen LogP contribution in [0.5, 0.6) is 0 Å². The Morgan fingerprint density at radius 3 is 2.54 bits per heavy atom. The van der Waals surface area contributed by atoms with Crippen LogP contribution in [0, 0.1) is 0 Å². The molecule has 0 heterocycles. The summed E-state index contributed by atoms with van der Waals surface area (Å²) >= 11 is 3.76. The number of carbonyl (C=O) groups is 1. The molecule has 0 N–H and O–H groups in total. The number of unbranched alkanes of at least 4 members (excludes halogenated alkanes) is 1. The summed E-state index contributed by atoms with van der Waals surface area (Å²) < 4.78 is 9.90. The van der Waals surface area contributed by atoms with Crippen molar-refractivity contribution in [3.05, 3.63) is 0 Å². The average molecular weight is 314 g/mol. The van der Waals surface area contributed by atoms with Crippen molar-refractivity contribution in [2.75, 3.05) is 25.6 Å². The van der Waals surface area contributed by atoms with E-state index in [9.17, 15) is 4.79 Å². The van der Waals surface area contributed by atoms with E-state index in [0.717, 1.165) is 19.4 Å². The molecular formula is C8H16O3SSb+5. The standard InChI is InChI=1S/C8H16O3S.Sb/c1-2-3-4-10-5-6-11-8(9)7-12;/h12H,2-7H2,1H3;/q;+5. The Morgan fingerprint density at radius 2 is 2.00 bits per heavy atom. The van der Waals surface area contributed by atoms with Crippen molar-refractivity contribution >= 4 is 43.0 Å². The fourth-order valence-electron chi connectivity index (χ4n) is 0.609. The first-order chi connectivity index (χ1) is 5.81. The van der Waals surface area contributed by atoms with Crippen molar-refractivity contribution in [1.29, 1.82) is 0 Å². The molecule has 0 aliphatic rings. The van der Waals surface area contributed by atoms with E-state index >= 15 is 0 Å². The number of rotatable bonds is 7. The molecule has 0 aromatic rings. The van der Waals surface area contributed by atoms with Crippen LogP contribution >= 0.6 is 12.6 Å². The Morgan fingerprint density at radius 1 is 1.31 bits per heavy atom. The molecule has 3 nitrogen and oxygen atoms in total. The molecule has 0 unspecified atom stereocenters. The number of thiol groups is 1. The van der Waals surface area contributed by atoms with E-state index in [1.165, 1.54) is 0 Å². The van der Waals surface area contributed by atoms with Crippen LogP contribution in [-0.2, 0) is 14.3 Å². The molecule has 0 spiro atoms. The molecule has 0 bridgehead atoms. The summed E-state index contributed by atoms with van der Waals surface area (Å²) in [6.07, 6.45) is 2.18. The molecule has 0 aliphatic heterocycles. The number of hydrogen-bond acceptors (Lipinski definition) is 4. The van der Waals surface area contributed by atoms with Gasteiger partial charge in [0.25, 0.3) is 0 Å². The zero-order valence-corrected chi connectivity index (χ0v) is 11.3. The van der Waals surface area contributed by atoms with E-state index in [-0.39, 0.29) is 36.2 Å². The van der Waals surface area contributed by atoms with E-state index in [2.05, 4.69) is 19.6 Å². The largest absolute Gasteiger partial charge is 5.00 e. The van der Waals surface area contributed by atoms with Gasteiger partial charge in [-0.05, 0) is 6.42 Å². The third kappa shape index (κ3) is 12.6. The number of esters is 1. The van der Waals surface area contributed by atoms with Gasteiger partial charge in [0.2, 0.25) is 0 Å². The summed E-state index contributed by atoms with van der Waals surface area (Å²) in [7, 11) is 0. The molecule has 5 heteroatoms. The summed E-state index contributed by atoms with van der Waals surface area (Å²) in [5.74, 6) is -0.160. The Bertz CT molecular complexity index is 122. The quantitative estimate of drug-likeness (QED) is 0.328.